The van der Waals surface area contributed by atoms with Crippen LogP contribution in [0.5, 0.6) is 5.75 Å². The van der Waals surface area contributed by atoms with Gasteiger partial charge in [-0.3, -0.25) is 4.79 Å². The van der Waals surface area contributed by atoms with Crippen LogP contribution in [-0.2, 0) is 7.05 Å². The molecule has 178 valence electrons. The van der Waals surface area contributed by atoms with Gasteiger partial charge in [-0.25, -0.2) is 0 Å². The summed E-state index contributed by atoms with van der Waals surface area (Å²) in [5, 5.41) is 23.5. The largest absolute Gasteiger partial charge is 0.507 e. The monoisotopic (exact) mass is 459 g/mol. The Morgan fingerprint density at radius 3 is 2.35 bits per heavy atom. The van der Waals surface area contributed by atoms with E-state index < -0.39 is 0 Å². The van der Waals surface area contributed by atoms with Crippen LogP contribution in [0.4, 0.5) is 5.82 Å². The Kier molecular flexibility index (Phi) is 5.47. The van der Waals surface area contributed by atoms with E-state index in [4.69, 9.17) is 0 Å². The molecule has 2 aliphatic heterocycles. The van der Waals surface area contributed by atoms with E-state index in [1.807, 2.05) is 30.3 Å². The predicted molar refractivity (Wildman–Crippen MR) is 135 cm³/mol. The number of phenolic OH excluding ortho intramolecular Hbond substituents is 1. The van der Waals surface area contributed by atoms with Gasteiger partial charge in [0.05, 0.1) is 5.69 Å². The Balaban J connectivity index is 1.36. The van der Waals surface area contributed by atoms with Crippen LogP contribution in [0.3, 0.4) is 0 Å². The van der Waals surface area contributed by atoms with Crippen molar-refractivity contribution in [1.82, 2.24) is 20.1 Å². The van der Waals surface area contributed by atoms with Crippen LogP contribution in [0.15, 0.2) is 53.5 Å². The van der Waals surface area contributed by atoms with Crippen LogP contribution in [0.2, 0.25) is 0 Å². The van der Waals surface area contributed by atoms with E-state index in [1.165, 1.54) is 23.8 Å². The number of anilines is 1. The first-order valence-electron chi connectivity index (χ1n) is 12.0. The highest BCUT2D eigenvalue weighted by molar-refractivity contribution is 5.74. The number of aromatic hydroxyl groups is 1. The molecule has 0 saturated carbocycles. The van der Waals surface area contributed by atoms with Crippen molar-refractivity contribution in [3.8, 4) is 28.1 Å². The summed E-state index contributed by atoms with van der Waals surface area (Å²) in [7, 11) is 3.82. The third-order valence-electron chi connectivity index (χ3n) is 7.70. The van der Waals surface area contributed by atoms with Crippen molar-refractivity contribution >= 4 is 5.82 Å². The fourth-order valence-electron chi connectivity index (χ4n) is 5.91. The highest BCUT2D eigenvalue weighted by Gasteiger charge is 2.46. The zero-order chi connectivity index (χ0) is 24.1. The van der Waals surface area contributed by atoms with E-state index in [2.05, 4.69) is 41.3 Å². The van der Waals surface area contributed by atoms with Crippen LogP contribution in [-0.4, -0.2) is 44.0 Å². The lowest BCUT2D eigenvalue weighted by atomic mass is 9.69. The van der Waals surface area contributed by atoms with E-state index >= 15 is 0 Å². The second kappa shape index (κ2) is 8.24. The van der Waals surface area contributed by atoms with Crippen molar-refractivity contribution in [3.05, 3.63) is 59.0 Å². The number of aromatic nitrogens is 3. The summed E-state index contributed by atoms with van der Waals surface area (Å²) < 4.78 is 1.52. The number of hydrogen-bond acceptors (Lipinski definition) is 6. The average Bonchev–Trinajstić information content (AvgIpc) is 2.79. The second-order valence-electron chi connectivity index (χ2n) is 10.6. The molecule has 0 aliphatic carbocycles. The molecule has 0 spiro atoms. The molecule has 2 N–H and O–H groups in total. The first kappa shape index (κ1) is 22.6. The minimum Gasteiger partial charge on any atom is -0.507 e. The summed E-state index contributed by atoms with van der Waals surface area (Å²) in [5.41, 5.74) is 3.04. The molecule has 3 aromatic rings. The summed E-state index contributed by atoms with van der Waals surface area (Å²) >= 11 is 0. The molecule has 0 unspecified atom stereocenters. The number of aryl methyl sites for hydroxylation is 1. The van der Waals surface area contributed by atoms with Crippen LogP contribution < -0.4 is 15.8 Å². The van der Waals surface area contributed by atoms with E-state index in [0.717, 1.165) is 29.8 Å². The number of benzene rings is 1. The fourth-order valence-corrected chi connectivity index (χ4v) is 5.91. The van der Waals surface area contributed by atoms with Crippen LogP contribution >= 0.6 is 0 Å². The third kappa shape index (κ3) is 4.20. The van der Waals surface area contributed by atoms with Crippen molar-refractivity contribution in [2.45, 2.75) is 63.1 Å². The standard InChI is InChI=1S/C27H33N5O2/c1-26-11-5-12-27(2,30-26)17-20(16-26)32(4)24-9-8-22(28-29-24)21-7-6-18(14-23(21)33)19-10-13-31(3)25(34)15-19/h6-10,13-15,20,30,33H,5,11-12,16-17H2,1-4H3/t20-,26+,27-. The Morgan fingerprint density at radius 1 is 1.03 bits per heavy atom. The lowest BCUT2D eigenvalue weighted by Gasteiger charge is -2.55. The molecule has 0 radical (unpaired) electrons. The Bertz CT molecular complexity index is 1250. The van der Waals surface area contributed by atoms with Crippen molar-refractivity contribution in [2.75, 3.05) is 11.9 Å². The van der Waals surface area contributed by atoms with Gasteiger partial charge in [0, 0.05) is 49.0 Å². The van der Waals surface area contributed by atoms with Gasteiger partial charge in [-0.05, 0) is 87.4 Å². The van der Waals surface area contributed by atoms with E-state index in [1.54, 1.807) is 25.4 Å². The number of nitrogens with zero attached hydrogens (tertiary/aromatic N) is 4. The molecule has 2 bridgehead atoms. The Morgan fingerprint density at radius 2 is 1.74 bits per heavy atom. The molecular weight excluding hydrogens is 426 g/mol. The third-order valence-corrected chi connectivity index (χ3v) is 7.70. The molecule has 2 fully saturated rings. The van der Waals surface area contributed by atoms with Gasteiger partial charge in [-0.2, -0.15) is 0 Å². The van der Waals surface area contributed by atoms with Crippen LogP contribution in [0.1, 0.15) is 46.0 Å². The van der Waals surface area contributed by atoms with Gasteiger partial charge in [0.25, 0.3) is 5.56 Å². The van der Waals surface area contributed by atoms with Gasteiger partial charge in [0.15, 0.2) is 5.82 Å². The van der Waals surface area contributed by atoms with E-state index in [-0.39, 0.29) is 22.4 Å². The number of nitrogens with one attached hydrogen (secondary N) is 1. The molecule has 4 heterocycles. The molecule has 5 rings (SSSR count). The van der Waals surface area contributed by atoms with Crippen molar-refractivity contribution < 1.29 is 5.11 Å². The predicted octanol–water partition coefficient (Wildman–Crippen LogP) is 4.10. The molecule has 2 aliphatic rings. The van der Waals surface area contributed by atoms with Crippen LogP contribution in [0.25, 0.3) is 22.4 Å². The number of phenols is 1. The van der Waals surface area contributed by atoms with Gasteiger partial charge in [-0.1, -0.05) is 6.07 Å². The molecule has 2 aromatic heterocycles. The second-order valence-corrected chi connectivity index (χ2v) is 10.6. The number of hydrogen-bond donors (Lipinski definition) is 2. The van der Waals surface area contributed by atoms with E-state index in [9.17, 15) is 9.90 Å². The van der Waals surface area contributed by atoms with Gasteiger partial charge in [0.1, 0.15) is 5.75 Å². The van der Waals surface area contributed by atoms with Crippen molar-refractivity contribution in [2.24, 2.45) is 7.05 Å². The Labute approximate surface area is 200 Å². The molecule has 7 nitrogen and oxygen atoms in total. The van der Waals surface area contributed by atoms with E-state index in [0.29, 0.717) is 17.3 Å². The summed E-state index contributed by atoms with van der Waals surface area (Å²) in [6, 6.07) is 13.1. The normalized spacial score (nSPS) is 26.3. The molecule has 34 heavy (non-hydrogen) atoms. The van der Waals surface area contributed by atoms with Gasteiger partial charge < -0.3 is 19.9 Å². The SMILES string of the molecule is CN(c1ccc(-c2ccc(-c3ccn(C)c(=O)c3)cc2O)nn1)[C@@H]1C[C@]2(C)CCC[C@](C)(C1)N2. The molecule has 2 saturated heterocycles. The molecule has 7 heteroatoms. The summed E-state index contributed by atoms with van der Waals surface area (Å²) in [6.45, 7) is 4.69. The summed E-state index contributed by atoms with van der Waals surface area (Å²) in [6.07, 6.45) is 7.61. The highest BCUT2D eigenvalue weighted by Crippen LogP contribution is 2.42. The number of rotatable bonds is 4. The number of piperidine rings is 2. The quantitative estimate of drug-likeness (QED) is 0.611. The minimum absolute atomic E-state index is 0.0907. The average molecular weight is 460 g/mol. The lowest BCUT2D eigenvalue weighted by Crippen LogP contribution is -2.66. The summed E-state index contributed by atoms with van der Waals surface area (Å²) in [5.74, 6) is 0.956. The maximum absolute atomic E-state index is 12.0. The topological polar surface area (TPSA) is 83.3 Å². The van der Waals surface area contributed by atoms with Gasteiger partial charge in [0.2, 0.25) is 0 Å². The minimum atomic E-state index is -0.0907. The van der Waals surface area contributed by atoms with Crippen molar-refractivity contribution in [3.63, 3.8) is 0 Å². The Hall–Kier alpha value is -3.19. The maximum atomic E-state index is 12.0. The maximum Gasteiger partial charge on any atom is 0.250 e. The summed E-state index contributed by atoms with van der Waals surface area (Å²) in [4.78, 5) is 14.2. The van der Waals surface area contributed by atoms with Gasteiger partial charge in [-0.15, -0.1) is 10.2 Å². The first-order valence-corrected chi connectivity index (χ1v) is 12.0. The number of pyridine rings is 1. The van der Waals surface area contributed by atoms with Crippen molar-refractivity contribution in [1.29, 1.82) is 0 Å². The first-order chi connectivity index (χ1) is 16.1. The zero-order valence-electron chi connectivity index (χ0n) is 20.4. The fraction of sp³-hybridized carbons (Fsp3) is 0.444. The zero-order valence-corrected chi connectivity index (χ0v) is 20.4. The van der Waals surface area contributed by atoms with Crippen LogP contribution in [0, 0.1) is 0 Å². The molecular formula is C27H33N5O2. The smallest absolute Gasteiger partial charge is 0.250 e. The molecule has 0 amide bonds. The molecule has 3 atom stereocenters. The lowest BCUT2D eigenvalue weighted by molar-refractivity contribution is 0.0784. The highest BCUT2D eigenvalue weighted by atomic mass is 16.3. The molecule has 1 aromatic carbocycles. The number of fused-ring (bicyclic) bond motifs is 2. The van der Waals surface area contributed by atoms with Gasteiger partial charge >= 0.3 is 0 Å².